The van der Waals surface area contributed by atoms with Crippen molar-refractivity contribution in [2.45, 2.75) is 90.3 Å². The van der Waals surface area contributed by atoms with Gasteiger partial charge in [-0.15, -0.1) is 0 Å². The van der Waals surface area contributed by atoms with Crippen LogP contribution in [0.15, 0.2) is 18.2 Å². The summed E-state index contributed by atoms with van der Waals surface area (Å²) in [6.07, 6.45) is 7.77. The van der Waals surface area contributed by atoms with E-state index in [1.807, 2.05) is 23.1 Å². The zero-order valence-electron chi connectivity index (χ0n) is 20.4. The van der Waals surface area contributed by atoms with E-state index in [4.69, 9.17) is 9.47 Å². The summed E-state index contributed by atoms with van der Waals surface area (Å²) in [4.78, 5) is 28.0. The van der Waals surface area contributed by atoms with Crippen molar-refractivity contribution in [1.82, 2.24) is 10.2 Å². The van der Waals surface area contributed by atoms with Crippen LogP contribution in [0, 0.1) is 11.8 Å². The smallest absolute Gasteiger partial charge is 0.226 e. The maximum atomic E-state index is 13.6. The monoisotopic (exact) mass is 444 g/mol. The molecule has 2 fully saturated rings. The molecule has 1 aromatic rings. The van der Waals surface area contributed by atoms with Crippen LogP contribution in [0.4, 0.5) is 0 Å². The summed E-state index contributed by atoms with van der Waals surface area (Å²) < 4.78 is 10.9. The Bertz CT molecular complexity index is 788. The number of benzene rings is 1. The van der Waals surface area contributed by atoms with Crippen molar-refractivity contribution in [2.24, 2.45) is 11.8 Å². The van der Waals surface area contributed by atoms with Gasteiger partial charge in [-0.2, -0.15) is 0 Å². The van der Waals surface area contributed by atoms with Crippen LogP contribution in [0.5, 0.6) is 11.5 Å². The van der Waals surface area contributed by atoms with Crippen LogP contribution in [0.2, 0.25) is 0 Å². The Kier molecular flexibility index (Phi) is 8.07. The van der Waals surface area contributed by atoms with Gasteiger partial charge in [0.15, 0.2) is 0 Å². The first-order valence-electron chi connectivity index (χ1n) is 12.1. The number of carbonyl (C=O) groups excluding carboxylic acids is 2. The normalized spacial score (nSPS) is 21.8. The van der Waals surface area contributed by atoms with Crippen molar-refractivity contribution in [1.29, 1.82) is 0 Å². The number of nitrogens with one attached hydrogen (secondary N) is 1. The second-order valence-corrected chi connectivity index (χ2v) is 10.3. The summed E-state index contributed by atoms with van der Waals surface area (Å²) in [5.74, 6) is 2.07. The Labute approximate surface area is 193 Å². The van der Waals surface area contributed by atoms with Crippen LogP contribution in [-0.4, -0.2) is 42.5 Å². The lowest BCUT2D eigenvalue weighted by atomic mass is 9.84. The number of methoxy groups -OCH3 is 2. The fourth-order valence-corrected chi connectivity index (χ4v) is 5.01. The first kappa shape index (κ1) is 24.4. The molecule has 0 bridgehead atoms. The van der Waals surface area contributed by atoms with Gasteiger partial charge < -0.3 is 19.7 Å². The van der Waals surface area contributed by atoms with Gasteiger partial charge in [0, 0.05) is 41.6 Å². The average molecular weight is 445 g/mol. The minimum Gasteiger partial charge on any atom is -0.497 e. The lowest BCUT2D eigenvalue weighted by Crippen LogP contribution is -2.49. The summed E-state index contributed by atoms with van der Waals surface area (Å²) in [6, 6.07) is 5.94. The maximum Gasteiger partial charge on any atom is 0.226 e. The summed E-state index contributed by atoms with van der Waals surface area (Å²) in [7, 11) is 3.27. The highest BCUT2D eigenvalue weighted by Crippen LogP contribution is 2.33. The molecule has 0 unspecified atom stereocenters. The molecule has 0 radical (unpaired) electrons. The van der Waals surface area contributed by atoms with E-state index in [-0.39, 0.29) is 35.2 Å². The number of hydrogen-bond acceptors (Lipinski definition) is 4. The first-order chi connectivity index (χ1) is 15.2. The van der Waals surface area contributed by atoms with Crippen molar-refractivity contribution in [2.75, 3.05) is 14.2 Å². The third kappa shape index (κ3) is 5.96. The molecular weight excluding hydrogens is 404 g/mol. The van der Waals surface area contributed by atoms with Crippen LogP contribution in [-0.2, 0) is 16.1 Å². The van der Waals surface area contributed by atoms with Crippen molar-refractivity contribution in [3.8, 4) is 11.5 Å². The molecule has 1 aromatic carbocycles. The number of nitrogens with zero attached hydrogens (tertiary/aromatic N) is 1. The van der Waals surface area contributed by atoms with Crippen molar-refractivity contribution < 1.29 is 19.1 Å². The zero-order valence-corrected chi connectivity index (χ0v) is 20.4. The molecule has 2 aliphatic rings. The summed E-state index contributed by atoms with van der Waals surface area (Å²) in [5, 5.41) is 3.25. The number of ether oxygens (including phenoxy) is 2. The summed E-state index contributed by atoms with van der Waals surface area (Å²) in [5.41, 5.74) is 0.657. The van der Waals surface area contributed by atoms with E-state index in [2.05, 4.69) is 26.1 Å². The highest BCUT2D eigenvalue weighted by molar-refractivity contribution is 5.80. The highest BCUT2D eigenvalue weighted by atomic mass is 16.5. The SMILES string of the molecule is COc1ccc(CN(C(=O)C2CCC(NC(=O)C3CCCC3)CC2)C(C)(C)C)c(OC)c1. The molecule has 2 aliphatic carbocycles. The van der Waals surface area contributed by atoms with Gasteiger partial charge in [0.1, 0.15) is 11.5 Å². The number of rotatable bonds is 7. The topological polar surface area (TPSA) is 67.9 Å². The largest absolute Gasteiger partial charge is 0.497 e. The number of carbonyl (C=O) groups is 2. The lowest BCUT2D eigenvalue weighted by molar-refractivity contribution is -0.142. The molecule has 32 heavy (non-hydrogen) atoms. The molecule has 3 rings (SSSR count). The first-order valence-corrected chi connectivity index (χ1v) is 12.1. The van der Waals surface area contributed by atoms with Gasteiger partial charge in [-0.05, 0) is 71.4 Å². The van der Waals surface area contributed by atoms with Crippen molar-refractivity contribution in [3.63, 3.8) is 0 Å². The van der Waals surface area contributed by atoms with Crippen LogP contribution in [0.25, 0.3) is 0 Å². The second-order valence-electron chi connectivity index (χ2n) is 10.3. The molecule has 1 N–H and O–H groups in total. The van der Waals surface area contributed by atoms with Gasteiger partial charge in [0.25, 0.3) is 0 Å². The number of amides is 2. The predicted octanol–water partition coefficient (Wildman–Crippen LogP) is 4.70. The van der Waals surface area contributed by atoms with Crippen molar-refractivity contribution in [3.05, 3.63) is 23.8 Å². The standard InChI is InChI=1S/C26H40N2O4/c1-26(2,3)28(17-20-12-15-22(31-4)16-23(20)32-5)25(30)19-10-13-21(14-11-19)27-24(29)18-8-6-7-9-18/h12,15-16,18-19,21H,6-11,13-14,17H2,1-5H3,(H,27,29). The van der Waals surface area contributed by atoms with Gasteiger partial charge >= 0.3 is 0 Å². The van der Waals surface area contributed by atoms with Crippen LogP contribution in [0.1, 0.15) is 77.7 Å². The Morgan fingerprint density at radius 3 is 2.19 bits per heavy atom. The summed E-state index contributed by atoms with van der Waals surface area (Å²) >= 11 is 0. The Morgan fingerprint density at radius 2 is 1.62 bits per heavy atom. The molecule has 0 atom stereocenters. The second kappa shape index (κ2) is 10.6. The Hall–Kier alpha value is -2.24. The highest BCUT2D eigenvalue weighted by Gasteiger charge is 2.35. The molecule has 2 saturated carbocycles. The van der Waals surface area contributed by atoms with E-state index in [1.54, 1.807) is 14.2 Å². The third-order valence-electron chi connectivity index (χ3n) is 7.05. The average Bonchev–Trinajstić information content (AvgIpc) is 3.32. The van der Waals surface area contributed by atoms with Gasteiger partial charge in [0.05, 0.1) is 14.2 Å². The van der Waals surface area contributed by atoms with Crippen LogP contribution in [0.3, 0.4) is 0 Å². The number of hydrogen-bond donors (Lipinski definition) is 1. The third-order valence-corrected chi connectivity index (χ3v) is 7.05. The Balaban J connectivity index is 1.62. The van der Waals surface area contributed by atoms with Gasteiger partial charge in [-0.3, -0.25) is 9.59 Å². The van der Waals surface area contributed by atoms with E-state index in [9.17, 15) is 9.59 Å². The van der Waals surface area contributed by atoms with E-state index in [0.717, 1.165) is 55.6 Å². The molecule has 2 amide bonds. The maximum absolute atomic E-state index is 13.6. The van der Waals surface area contributed by atoms with Crippen LogP contribution < -0.4 is 14.8 Å². The lowest BCUT2D eigenvalue weighted by Gasteiger charge is -2.40. The van der Waals surface area contributed by atoms with Crippen molar-refractivity contribution >= 4 is 11.8 Å². The van der Waals surface area contributed by atoms with E-state index in [0.29, 0.717) is 6.54 Å². The summed E-state index contributed by atoms with van der Waals surface area (Å²) in [6.45, 7) is 6.73. The molecule has 0 saturated heterocycles. The quantitative estimate of drug-likeness (QED) is 0.662. The fourth-order valence-electron chi connectivity index (χ4n) is 5.01. The molecule has 0 aromatic heterocycles. The molecule has 6 nitrogen and oxygen atoms in total. The zero-order chi connectivity index (χ0) is 23.3. The van der Waals surface area contributed by atoms with Gasteiger partial charge in [0.2, 0.25) is 11.8 Å². The molecule has 6 heteroatoms. The molecular formula is C26H40N2O4. The van der Waals surface area contributed by atoms with E-state index in [1.165, 1.54) is 12.8 Å². The minimum absolute atomic E-state index is 0.00176. The molecule has 0 aliphatic heterocycles. The fraction of sp³-hybridized carbons (Fsp3) is 0.692. The van der Waals surface area contributed by atoms with Gasteiger partial charge in [-0.1, -0.05) is 12.8 Å². The molecule has 0 heterocycles. The van der Waals surface area contributed by atoms with Crippen LogP contribution >= 0.6 is 0 Å². The van der Waals surface area contributed by atoms with Gasteiger partial charge in [-0.25, -0.2) is 0 Å². The molecule has 0 spiro atoms. The van der Waals surface area contributed by atoms with E-state index >= 15 is 0 Å². The minimum atomic E-state index is -0.310. The molecule has 178 valence electrons. The van der Waals surface area contributed by atoms with E-state index < -0.39 is 0 Å². The Morgan fingerprint density at radius 1 is 0.969 bits per heavy atom. The predicted molar refractivity (Wildman–Crippen MR) is 126 cm³/mol.